The summed E-state index contributed by atoms with van der Waals surface area (Å²) in [6, 6.07) is -0.286. The summed E-state index contributed by atoms with van der Waals surface area (Å²) in [5, 5.41) is 3.84. The molecule has 3 atom stereocenters. The van der Waals surface area contributed by atoms with E-state index in [4.69, 9.17) is 15.0 Å². The first-order valence-electron chi connectivity index (χ1n) is 4.80. The predicted molar refractivity (Wildman–Crippen MR) is 49.6 cm³/mol. The number of hydrogen-bond acceptors (Lipinski definition) is 5. The highest BCUT2D eigenvalue weighted by molar-refractivity contribution is 5.07. The molecule has 0 radical (unpaired) electrons. The molecule has 0 saturated heterocycles. The lowest BCUT2D eigenvalue weighted by Gasteiger charge is -2.02. The van der Waals surface area contributed by atoms with Crippen molar-refractivity contribution < 1.29 is 9.26 Å². The van der Waals surface area contributed by atoms with E-state index in [1.165, 1.54) is 0 Å². The van der Waals surface area contributed by atoms with Gasteiger partial charge in [0.25, 0.3) is 0 Å². The highest BCUT2D eigenvalue weighted by Crippen LogP contribution is 2.46. The standard InChI is InChI=1S/C9H15N3O2/c1-5-3-6(5)9-11-8(12-14-9)7(10)4-13-2/h5-7H,3-4,10H2,1-2H3. The third-order valence-electron chi connectivity index (χ3n) is 2.56. The molecule has 1 aliphatic carbocycles. The van der Waals surface area contributed by atoms with E-state index in [0.717, 1.165) is 12.3 Å². The van der Waals surface area contributed by atoms with Crippen molar-refractivity contribution in [1.82, 2.24) is 10.1 Å². The molecule has 0 aliphatic heterocycles. The van der Waals surface area contributed by atoms with Crippen molar-refractivity contribution in [1.29, 1.82) is 0 Å². The average molecular weight is 197 g/mol. The Hall–Kier alpha value is -0.940. The van der Waals surface area contributed by atoms with Crippen molar-refractivity contribution in [2.45, 2.75) is 25.3 Å². The van der Waals surface area contributed by atoms with Gasteiger partial charge in [-0.2, -0.15) is 4.98 Å². The fraction of sp³-hybridized carbons (Fsp3) is 0.778. The molecular formula is C9H15N3O2. The third kappa shape index (κ3) is 1.78. The van der Waals surface area contributed by atoms with E-state index in [0.29, 0.717) is 24.3 Å². The second-order valence-electron chi connectivity index (χ2n) is 3.87. The molecule has 1 aromatic heterocycles. The Morgan fingerprint density at radius 2 is 2.43 bits per heavy atom. The summed E-state index contributed by atoms with van der Waals surface area (Å²) in [6.07, 6.45) is 1.14. The number of methoxy groups -OCH3 is 1. The highest BCUT2D eigenvalue weighted by Gasteiger charge is 2.39. The molecule has 2 rings (SSSR count). The van der Waals surface area contributed by atoms with Crippen molar-refractivity contribution >= 4 is 0 Å². The van der Waals surface area contributed by atoms with E-state index in [1.807, 2.05) is 0 Å². The molecular weight excluding hydrogens is 182 g/mol. The topological polar surface area (TPSA) is 74.2 Å². The van der Waals surface area contributed by atoms with Gasteiger partial charge in [-0.05, 0) is 12.3 Å². The normalized spacial score (nSPS) is 27.6. The monoisotopic (exact) mass is 197 g/mol. The lowest BCUT2D eigenvalue weighted by molar-refractivity contribution is 0.177. The SMILES string of the molecule is COCC(N)c1noc(C2CC2C)n1. The van der Waals surface area contributed by atoms with Crippen LogP contribution in [0.1, 0.15) is 37.0 Å². The summed E-state index contributed by atoms with van der Waals surface area (Å²) >= 11 is 0. The van der Waals surface area contributed by atoms with E-state index in [-0.39, 0.29) is 6.04 Å². The number of nitrogens with two attached hydrogens (primary N) is 1. The molecule has 0 bridgehead atoms. The largest absolute Gasteiger partial charge is 0.383 e. The summed E-state index contributed by atoms with van der Waals surface area (Å²) in [6.45, 7) is 2.59. The van der Waals surface area contributed by atoms with E-state index >= 15 is 0 Å². The van der Waals surface area contributed by atoms with Crippen molar-refractivity contribution in [2.75, 3.05) is 13.7 Å². The highest BCUT2D eigenvalue weighted by atomic mass is 16.5. The molecule has 3 unspecified atom stereocenters. The van der Waals surface area contributed by atoms with Gasteiger partial charge in [0.1, 0.15) is 0 Å². The van der Waals surface area contributed by atoms with Gasteiger partial charge in [0.05, 0.1) is 12.6 Å². The van der Waals surface area contributed by atoms with Crippen LogP contribution in [0, 0.1) is 5.92 Å². The van der Waals surface area contributed by atoms with Gasteiger partial charge in [-0.1, -0.05) is 12.1 Å². The molecule has 1 aliphatic rings. The van der Waals surface area contributed by atoms with Crippen molar-refractivity contribution in [3.05, 3.63) is 11.7 Å². The van der Waals surface area contributed by atoms with Gasteiger partial charge in [-0.15, -0.1) is 0 Å². The smallest absolute Gasteiger partial charge is 0.230 e. The summed E-state index contributed by atoms with van der Waals surface area (Å²) in [5.41, 5.74) is 5.76. The number of aromatic nitrogens is 2. The van der Waals surface area contributed by atoms with Crippen LogP contribution >= 0.6 is 0 Å². The molecule has 1 saturated carbocycles. The Bertz CT molecular complexity index is 313. The lowest BCUT2D eigenvalue weighted by atomic mass is 10.3. The summed E-state index contributed by atoms with van der Waals surface area (Å²) in [4.78, 5) is 4.26. The molecule has 5 heteroatoms. The first kappa shape index (κ1) is 9.61. The summed E-state index contributed by atoms with van der Waals surface area (Å²) in [7, 11) is 1.60. The van der Waals surface area contributed by atoms with E-state index in [2.05, 4.69) is 17.1 Å². The molecule has 1 heterocycles. The Morgan fingerprint density at radius 3 is 3.00 bits per heavy atom. The van der Waals surface area contributed by atoms with Gasteiger partial charge in [-0.3, -0.25) is 0 Å². The second kappa shape index (κ2) is 3.67. The van der Waals surface area contributed by atoms with Crippen LogP contribution < -0.4 is 5.73 Å². The van der Waals surface area contributed by atoms with E-state index < -0.39 is 0 Å². The zero-order chi connectivity index (χ0) is 10.1. The zero-order valence-electron chi connectivity index (χ0n) is 8.43. The van der Waals surface area contributed by atoms with Gasteiger partial charge in [0, 0.05) is 13.0 Å². The fourth-order valence-corrected chi connectivity index (χ4v) is 1.47. The van der Waals surface area contributed by atoms with Crippen LogP contribution in [-0.2, 0) is 4.74 Å². The quantitative estimate of drug-likeness (QED) is 0.774. The number of rotatable bonds is 4. The maximum Gasteiger partial charge on any atom is 0.230 e. The Labute approximate surface area is 82.6 Å². The molecule has 2 N–H and O–H groups in total. The Morgan fingerprint density at radius 1 is 1.71 bits per heavy atom. The van der Waals surface area contributed by atoms with Gasteiger partial charge in [0.15, 0.2) is 5.82 Å². The fourth-order valence-electron chi connectivity index (χ4n) is 1.47. The van der Waals surface area contributed by atoms with Crippen LogP contribution in [0.25, 0.3) is 0 Å². The van der Waals surface area contributed by atoms with E-state index in [9.17, 15) is 0 Å². The minimum atomic E-state index is -0.286. The summed E-state index contributed by atoms with van der Waals surface area (Å²) < 4.78 is 10.0. The van der Waals surface area contributed by atoms with Crippen LogP contribution in [0.2, 0.25) is 0 Å². The van der Waals surface area contributed by atoms with Crippen LogP contribution in [0.4, 0.5) is 0 Å². The number of hydrogen-bond donors (Lipinski definition) is 1. The molecule has 1 aromatic rings. The number of nitrogens with zero attached hydrogens (tertiary/aromatic N) is 2. The van der Waals surface area contributed by atoms with Crippen molar-refractivity contribution in [3.63, 3.8) is 0 Å². The molecule has 0 spiro atoms. The molecule has 0 aromatic carbocycles. The molecule has 14 heavy (non-hydrogen) atoms. The first-order chi connectivity index (χ1) is 6.72. The van der Waals surface area contributed by atoms with Crippen LogP contribution in [0.15, 0.2) is 4.52 Å². The lowest BCUT2D eigenvalue weighted by Crippen LogP contribution is -2.17. The van der Waals surface area contributed by atoms with Crippen LogP contribution in [0.5, 0.6) is 0 Å². The second-order valence-corrected chi connectivity index (χ2v) is 3.87. The molecule has 5 nitrogen and oxygen atoms in total. The summed E-state index contributed by atoms with van der Waals surface area (Å²) in [5.74, 6) is 2.38. The molecule has 1 fully saturated rings. The van der Waals surface area contributed by atoms with E-state index in [1.54, 1.807) is 7.11 Å². The Kier molecular flexibility index (Phi) is 2.52. The zero-order valence-corrected chi connectivity index (χ0v) is 8.43. The number of ether oxygens (including phenoxy) is 1. The molecule has 78 valence electrons. The van der Waals surface area contributed by atoms with Gasteiger partial charge in [-0.25, -0.2) is 0 Å². The third-order valence-corrected chi connectivity index (χ3v) is 2.56. The predicted octanol–water partition coefficient (Wildman–Crippen LogP) is 0.839. The van der Waals surface area contributed by atoms with Crippen LogP contribution in [0.3, 0.4) is 0 Å². The maximum absolute atomic E-state index is 5.76. The van der Waals surface area contributed by atoms with Crippen molar-refractivity contribution in [3.8, 4) is 0 Å². The minimum Gasteiger partial charge on any atom is -0.383 e. The van der Waals surface area contributed by atoms with Crippen LogP contribution in [-0.4, -0.2) is 23.9 Å². The average Bonchev–Trinajstić information content (AvgIpc) is 2.70. The Balaban J connectivity index is 2.02. The van der Waals surface area contributed by atoms with Gasteiger partial charge < -0.3 is 15.0 Å². The molecule has 0 amide bonds. The maximum atomic E-state index is 5.76. The first-order valence-corrected chi connectivity index (χ1v) is 4.80. The van der Waals surface area contributed by atoms with Gasteiger partial charge >= 0.3 is 0 Å². The van der Waals surface area contributed by atoms with Crippen molar-refractivity contribution in [2.24, 2.45) is 11.7 Å². The minimum absolute atomic E-state index is 0.286. The van der Waals surface area contributed by atoms with Gasteiger partial charge in [0.2, 0.25) is 5.89 Å².